The molecular weight excluding hydrogens is 424 g/mol. The van der Waals surface area contributed by atoms with E-state index in [9.17, 15) is 0 Å². The molecule has 0 aliphatic heterocycles. The molecule has 0 rings (SSSR count). The van der Waals surface area contributed by atoms with Gasteiger partial charge in [0, 0.05) is 0 Å². The number of unbranched alkanes of at least 4 members (excludes halogenated alkanes) is 1. The van der Waals surface area contributed by atoms with Gasteiger partial charge in [-0.05, 0) is 120 Å². The van der Waals surface area contributed by atoms with E-state index >= 15 is 0 Å². The van der Waals surface area contributed by atoms with Crippen LogP contribution in [0.5, 0.6) is 0 Å². The van der Waals surface area contributed by atoms with E-state index in [-0.39, 0.29) is 0 Å². The van der Waals surface area contributed by atoms with Gasteiger partial charge in [-0.15, -0.1) is 0 Å². The molecule has 4 nitrogen and oxygen atoms in total. The minimum absolute atomic E-state index is 0.577. The Hall–Kier alpha value is -1.46. The third-order valence-electron chi connectivity index (χ3n) is 6.25. The van der Waals surface area contributed by atoms with Gasteiger partial charge in [-0.2, -0.15) is 0 Å². The second-order valence-electron chi connectivity index (χ2n) is 10.5. The van der Waals surface area contributed by atoms with E-state index in [1.165, 1.54) is 34.3 Å². The third kappa shape index (κ3) is 17.0. The van der Waals surface area contributed by atoms with Gasteiger partial charge in [-0.25, -0.2) is 9.78 Å². The van der Waals surface area contributed by atoms with E-state index < -0.39 is 11.7 Å². The van der Waals surface area contributed by atoms with Crippen molar-refractivity contribution in [3.05, 3.63) is 58.2 Å². The van der Waals surface area contributed by atoms with E-state index in [0.717, 1.165) is 51.4 Å². The molecule has 34 heavy (non-hydrogen) atoms. The summed E-state index contributed by atoms with van der Waals surface area (Å²) in [6.07, 6.45) is 21.4. The SMILES string of the molecule is CC(C)=CCC/C(C)=C/CC/C(C)=C/CC/C=C(\C)CC/C=C(\C)CCC(OO)C(C)(C)OO. The Morgan fingerprint density at radius 2 is 1.00 bits per heavy atom. The fraction of sp³-hybridized carbons (Fsp3) is 0.667. The van der Waals surface area contributed by atoms with Gasteiger partial charge in [0.05, 0.1) is 0 Å². The normalized spacial score (nSPS) is 15.0. The molecular formula is C30H52O4. The molecule has 196 valence electrons. The standard InChI is InChI=1S/C30H52O4/c1-24(2)14-11-17-27(5)20-12-18-25(3)15-9-10-16-26(4)19-13-21-28(6)22-23-29(33-31)30(7,8)34-32/h14-16,20-21,29,31-32H,9-13,17-19,22-23H2,1-8H3/b25-15+,26-16+,27-20+,28-21+. The molecule has 4 heteroatoms. The van der Waals surface area contributed by atoms with Crippen LogP contribution in [0.3, 0.4) is 0 Å². The Morgan fingerprint density at radius 1 is 0.618 bits per heavy atom. The highest BCUT2D eigenvalue weighted by Crippen LogP contribution is 2.23. The Bertz CT molecular complexity index is 703. The summed E-state index contributed by atoms with van der Waals surface area (Å²) in [5, 5.41) is 18.0. The van der Waals surface area contributed by atoms with Crippen molar-refractivity contribution in [1.29, 1.82) is 0 Å². The maximum atomic E-state index is 9.07. The van der Waals surface area contributed by atoms with Crippen LogP contribution in [0.15, 0.2) is 58.2 Å². The van der Waals surface area contributed by atoms with E-state index in [0.29, 0.717) is 6.42 Å². The maximum absolute atomic E-state index is 9.07. The maximum Gasteiger partial charge on any atom is 0.127 e. The van der Waals surface area contributed by atoms with E-state index in [2.05, 4.69) is 81.7 Å². The highest BCUT2D eigenvalue weighted by atomic mass is 17.1. The van der Waals surface area contributed by atoms with Crippen molar-refractivity contribution in [2.75, 3.05) is 0 Å². The van der Waals surface area contributed by atoms with Gasteiger partial charge in [0.1, 0.15) is 11.7 Å². The number of hydrogen-bond donors (Lipinski definition) is 2. The zero-order valence-corrected chi connectivity index (χ0v) is 23.2. The van der Waals surface area contributed by atoms with Crippen LogP contribution in [0, 0.1) is 0 Å². The predicted octanol–water partition coefficient (Wildman–Crippen LogP) is 9.77. The minimum atomic E-state index is -0.942. The summed E-state index contributed by atoms with van der Waals surface area (Å²) in [4.78, 5) is 8.92. The van der Waals surface area contributed by atoms with E-state index in [1.54, 1.807) is 13.8 Å². The van der Waals surface area contributed by atoms with Crippen molar-refractivity contribution in [2.24, 2.45) is 0 Å². The minimum Gasteiger partial charge on any atom is -0.251 e. The Morgan fingerprint density at radius 3 is 1.38 bits per heavy atom. The van der Waals surface area contributed by atoms with Crippen molar-refractivity contribution in [3.8, 4) is 0 Å². The van der Waals surface area contributed by atoms with Gasteiger partial charge in [0.2, 0.25) is 0 Å². The first kappa shape index (κ1) is 32.5. The monoisotopic (exact) mass is 476 g/mol. The van der Waals surface area contributed by atoms with Gasteiger partial charge in [-0.3, -0.25) is 10.5 Å². The van der Waals surface area contributed by atoms with Crippen LogP contribution in [-0.4, -0.2) is 22.2 Å². The lowest BCUT2D eigenvalue weighted by Gasteiger charge is -2.28. The second-order valence-corrected chi connectivity index (χ2v) is 10.5. The molecule has 0 aromatic heterocycles. The van der Waals surface area contributed by atoms with Gasteiger partial charge >= 0.3 is 0 Å². The van der Waals surface area contributed by atoms with E-state index in [4.69, 9.17) is 10.5 Å². The molecule has 0 saturated heterocycles. The van der Waals surface area contributed by atoms with Crippen LogP contribution >= 0.6 is 0 Å². The van der Waals surface area contributed by atoms with E-state index in [1.807, 2.05) is 0 Å². The van der Waals surface area contributed by atoms with Gasteiger partial charge in [0.15, 0.2) is 0 Å². The first-order valence-corrected chi connectivity index (χ1v) is 12.9. The van der Waals surface area contributed by atoms with Crippen LogP contribution in [0.4, 0.5) is 0 Å². The second kappa shape index (κ2) is 18.8. The summed E-state index contributed by atoms with van der Waals surface area (Å²) < 4.78 is 0. The average Bonchev–Trinajstić information content (AvgIpc) is 2.76. The summed E-state index contributed by atoms with van der Waals surface area (Å²) in [6, 6.07) is 0. The zero-order chi connectivity index (χ0) is 26.0. The number of hydrogen-bond acceptors (Lipinski definition) is 4. The molecule has 0 amide bonds. The topological polar surface area (TPSA) is 58.9 Å². The summed E-state index contributed by atoms with van der Waals surface area (Å²) in [6.45, 7) is 16.5. The van der Waals surface area contributed by atoms with Crippen molar-refractivity contribution >= 4 is 0 Å². The van der Waals surface area contributed by atoms with Crippen LogP contribution in [0.1, 0.15) is 120 Å². The highest BCUT2D eigenvalue weighted by molar-refractivity contribution is 5.07. The molecule has 0 aliphatic carbocycles. The average molecular weight is 477 g/mol. The van der Waals surface area contributed by atoms with Crippen molar-refractivity contribution in [3.63, 3.8) is 0 Å². The quantitative estimate of drug-likeness (QED) is 0.0894. The molecule has 1 atom stereocenters. The summed E-state index contributed by atoms with van der Waals surface area (Å²) in [5.41, 5.74) is 6.12. The number of rotatable bonds is 18. The van der Waals surface area contributed by atoms with Crippen LogP contribution in [0.25, 0.3) is 0 Å². The first-order chi connectivity index (χ1) is 16.0. The summed E-state index contributed by atoms with van der Waals surface area (Å²) >= 11 is 0. The van der Waals surface area contributed by atoms with Crippen LogP contribution in [-0.2, 0) is 9.78 Å². The third-order valence-corrected chi connectivity index (χ3v) is 6.25. The Kier molecular flexibility index (Phi) is 18.0. The van der Waals surface area contributed by atoms with Crippen LogP contribution in [0.2, 0.25) is 0 Å². The summed E-state index contributed by atoms with van der Waals surface area (Å²) in [7, 11) is 0. The molecule has 0 aromatic carbocycles. The molecule has 0 aromatic rings. The largest absolute Gasteiger partial charge is 0.251 e. The van der Waals surface area contributed by atoms with Crippen molar-refractivity contribution in [2.45, 2.75) is 131 Å². The van der Waals surface area contributed by atoms with Gasteiger partial charge in [-0.1, -0.05) is 58.2 Å². The molecule has 0 aliphatic rings. The summed E-state index contributed by atoms with van der Waals surface area (Å²) in [5.74, 6) is 0. The molecule has 0 bridgehead atoms. The Balaban J connectivity index is 4.21. The lowest BCUT2D eigenvalue weighted by atomic mass is 9.95. The fourth-order valence-electron chi connectivity index (χ4n) is 3.69. The first-order valence-electron chi connectivity index (χ1n) is 12.9. The molecule has 0 saturated carbocycles. The predicted molar refractivity (Wildman–Crippen MR) is 146 cm³/mol. The van der Waals surface area contributed by atoms with Gasteiger partial charge in [0.25, 0.3) is 0 Å². The van der Waals surface area contributed by atoms with Crippen molar-refractivity contribution < 1.29 is 20.3 Å². The fourth-order valence-corrected chi connectivity index (χ4v) is 3.69. The number of allylic oxidation sites excluding steroid dienone is 10. The van der Waals surface area contributed by atoms with Crippen LogP contribution < -0.4 is 0 Å². The lowest BCUT2D eigenvalue weighted by Crippen LogP contribution is -2.39. The molecule has 0 spiro atoms. The lowest BCUT2D eigenvalue weighted by molar-refractivity contribution is -0.384. The molecule has 0 fully saturated rings. The molecule has 0 radical (unpaired) electrons. The zero-order valence-electron chi connectivity index (χ0n) is 23.2. The van der Waals surface area contributed by atoms with Gasteiger partial charge < -0.3 is 0 Å². The Labute approximate surface area is 210 Å². The smallest absolute Gasteiger partial charge is 0.127 e. The molecule has 0 heterocycles. The molecule has 1 unspecified atom stereocenters. The molecule has 2 N–H and O–H groups in total. The van der Waals surface area contributed by atoms with Crippen molar-refractivity contribution in [1.82, 2.24) is 0 Å². The highest BCUT2D eigenvalue weighted by Gasteiger charge is 2.32.